The number of fused-ring (bicyclic) bond motifs is 6. The Balaban J connectivity index is 1.18. The molecule has 1 aromatic heterocycles. The number of anilines is 3. The maximum absolute atomic E-state index is 9.82. The van der Waals surface area contributed by atoms with Gasteiger partial charge in [0.15, 0.2) is 0 Å². The quantitative estimate of drug-likeness (QED) is 0.161. The molecule has 0 aliphatic carbocycles. The van der Waals surface area contributed by atoms with Gasteiger partial charge in [0.05, 0.1) is 22.0 Å². The standard InChI is InChI=1S/C56H37NO/c1-3-13-41(14-4-1)49-34-29-46(37-52(49)42-15-5-2-6-16-42)40-26-32-48(33-27-40)57(47-30-24-39(25-31-47)45-23-22-38-12-7-8-18-44(38)36-45)53-20-11-21-54-55(53)51-35-28-43-17-9-10-19-50(43)56(51)58-54/h1-37H/i24D,25D,26D,27D,30D,31D,32D,33D. The molecule has 0 spiro atoms. The van der Waals surface area contributed by atoms with E-state index in [9.17, 15) is 11.0 Å². The third-order valence-corrected chi connectivity index (χ3v) is 10.8. The summed E-state index contributed by atoms with van der Waals surface area (Å²) >= 11 is 0. The van der Waals surface area contributed by atoms with Crippen LogP contribution in [0.2, 0.25) is 0 Å². The molecule has 0 amide bonds. The van der Waals surface area contributed by atoms with Crippen LogP contribution in [0.4, 0.5) is 17.1 Å². The molecule has 0 radical (unpaired) electrons. The second kappa shape index (κ2) is 14.1. The Hall–Kier alpha value is -7.68. The summed E-state index contributed by atoms with van der Waals surface area (Å²) in [7, 11) is 0. The lowest BCUT2D eigenvalue weighted by Crippen LogP contribution is -2.10. The van der Waals surface area contributed by atoms with E-state index in [0.29, 0.717) is 38.8 Å². The van der Waals surface area contributed by atoms with E-state index in [1.54, 1.807) is 24.3 Å². The summed E-state index contributed by atoms with van der Waals surface area (Å²) in [5.74, 6) is 0. The number of furan rings is 1. The first-order valence-electron chi connectivity index (χ1n) is 23.2. The van der Waals surface area contributed by atoms with Crippen molar-refractivity contribution in [1.29, 1.82) is 0 Å². The molecule has 272 valence electrons. The van der Waals surface area contributed by atoms with Gasteiger partial charge in [0.2, 0.25) is 0 Å². The highest BCUT2D eigenvalue weighted by molar-refractivity contribution is 6.19. The van der Waals surface area contributed by atoms with Crippen molar-refractivity contribution in [1.82, 2.24) is 0 Å². The van der Waals surface area contributed by atoms with Gasteiger partial charge in [0.1, 0.15) is 11.2 Å². The largest absolute Gasteiger partial charge is 0.455 e. The molecule has 0 bridgehead atoms. The van der Waals surface area contributed by atoms with Crippen molar-refractivity contribution < 1.29 is 15.4 Å². The van der Waals surface area contributed by atoms with Crippen LogP contribution in [-0.4, -0.2) is 0 Å². The third kappa shape index (κ3) is 5.91. The topological polar surface area (TPSA) is 16.4 Å². The number of nitrogens with zero attached hydrogens (tertiary/aromatic N) is 1. The van der Waals surface area contributed by atoms with Crippen LogP contribution >= 0.6 is 0 Å². The zero-order valence-electron chi connectivity index (χ0n) is 39.1. The Morgan fingerprint density at radius 1 is 0.362 bits per heavy atom. The predicted octanol–water partition coefficient (Wildman–Crippen LogP) is 16.0. The van der Waals surface area contributed by atoms with E-state index in [2.05, 4.69) is 0 Å². The van der Waals surface area contributed by atoms with Crippen LogP contribution in [0.25, 0.3) is 88.0 Å². The van der Waals surface area contributed by atoms with E-state index in [1.165, 1.54) is 4.90 Å². The van der Waals surface area contributed by atoms with Crippen molar-refractivity contribution in [2.24, 2.45) is 0 Å². The minimum Gasteiger partial charge on any atom is -0.455 e. The van der Waals surface area contributed by atoms with Crippen LogP contribution in [0.1, 0.15) is 11.0 Å². The van der Waals surface area contributed by atoms with Crippen molar-refractivity contribution >= 4 is 60.5 Å². The minimum absolute atomic E-state index is 0.0788. The molecule has 2 nitrogen and oxygen atoms in total. The van der Waals surface area contributed by atoms with Crippen LogP contribution < -0.4 is 4.90 Å². The molecule has 0 atom stereocenters. The molecule has 11 rings (SSSR count). The van der Waals surface area contributed by atoms with E-state index in [0.717, 1.165) is 43.8 Å². The molecule has 0 saturated heterocycles. The smallest absolute Gasteiger partial charge is 0.143 e. The average molecular weight is 748 g/mol. The average Bonchev–Trinajstić information content (AvgIpc) is 3.75. The van der Waals surface area contributed by atoms with E-state index in [4.69, 9.17) is 4.42 Å². The lowest BCUT2D eigenvalue weighted by molar-refractivity contribution is 0.672. The highest BCUT2D eigenvalue weighted by atomic mass is 16.3. The molecule has 0 aliphatic heterocycles. The first kappa shape index (κ1) is 26.2. The van der Waals surface area contributed by atoms with E-state index in [-0.39, 0.29) is 46.7 Å². The first-order chi connectivity index (χ1) is 32.1. The van der Waals surface area contributed by atoms with Crippen LogP contribution in [-0.2, 0) is 0 Å². The SMILES string of the molecule is [2H]c1c([2H])c(N(c2c([2H])c([2H])c(-c3ccc4ccccc4c3)c([2H])c2[2H])c2cccc3oc4c5ccccc5ccc4c23)c([2H])c([2H])c1-c1ccc(-c2ccccc2)c(-c2ccccc2)c1. The Morgan fingerprint density at radius 3 is 1.64 bits per heavy atom. The maximum Gasteiger partial charge on any atom is 0.143 e. The summed E-state index contributed by atoms with van der Waals surface area (Å²) in [6.07, 6.45) is 0. The molecule has 0 unspecified atom stereocenters. The van der Waals surface area contributed by atoms with Gasteiger partial charge in [0, 0.05) is 22.1 Å². The monoisotopic (exact) mass is 747 g/mol. The van der Waals surface area contributed by atoms with Crippen LogP contribution in [0.15, 0.2) is 229 Å². The van der Waals surface area contributed by atoms with Crippen LogP contribution in [0, 0.1) is 0 Å². The molecule has 1 heterocycles. The second-order valence-corrected chi connectivity index (χ2v) is 14.3. The molecule has 0 saturated carbocycles. The lowest BCUT2D eigenvalue weighted by Gasteiger charge is -2.26. The fourth-order valence-corrected chi connectivity index (χ4v) is 7.97. The first-order valence-corrected chi connectivity index (χ1v) is 19.2. The number of hydrogen-bond acceptors (Lipinski definition) is 2. The van der Waals surface area contributed by atoms with Gasteiger partial charge in [-0.25, -0.2) is 0 Å². The molecule has 2 heteroatoms. The number of hydrogen-bond donors (Lipinski definition) is 0. The summed E-state index contributed by atoms with van der Waals surface area (Å²) in [4.78, 5) is 1.37. The predicted molar refractivity (Wildman–Crippen MR) is 245 cm³/mol. The van der Waals surface area contributed by atoms with Gasteiger partial charge in [-0.2, -0.15) is 0 Å². The lowest BCUT2D eigenvalue weighted by atomic mass is 9.91. The maximum atomic E-state index is 9.82. The van der Waals surface area contributed by atoms with Gasteiger partial charge in [-0.1, -0.05) is 170 Å². The van der Waals surface area contributed by atoms with Crippen LogP contribution in [0.3, 0.4) is 0 Å². The highest BCUT2D eigenvalue weighted by Gasteiger charge is 2.21. The molecule has 0 aliphatic rings. The molecule has 0 fully saturated rings. The summed E-state index contributed by atoms with van der Waals surface area (Å²) < 4.78 is 84.0. The zero-order chi connectivity index (χ0) is 45.4. The minimum atomic E-state index is -0.426. The molecular formula is C56H37NO. The van der Waals surface area contributed by atoms with Gasteiger partial charge in [-0.05, 0) is 115 Å². The van der Waals surface area contributed by atoms with E-state index >= 15 is 0 Å². The van der Waals surface area contributed by atoms with E-state index < -0.39 is 24.2 Å². The summed E-state index contributed by atoms with van der Waals surface area (Å²) in [6, 6.07) is 52.6. The fraction of sp³-hybridized carbons (Fsp3) is 0. The Morgan fingerprint density at radius 2 is 0.931 bits per heavy atom. The molecule has 58 heavy (non-hydrogen) atoms. The van der Waals surface area contributed by atoms with Crippen molar-refractivity contribution in [3.63, 3.8) is 0 Å². The molecule has 10 aromatic carbocycles. The van der Waals surface area contributed by atoms with Gasteiger partial charge in [0.25, 0.3) is 0 Å². The van der Waals surface area contributed by atoms with Crippen LogP contribution in [0.5, 0.6) is 0 Å². The van der Waals surface area contributed by atoms with E-state index in [1.807, 2.05) is 152 Å². The van der Waals surface area contributed by atoms with Gasteiger partial charge in [-0.15, -0.1) is 0 Å². The molecule has 0 N–H and O–H groups in total. The van der Waals surface area contributed by atoms with Gasteiger partial charge in [-0.3, -0.25) is 0 Å². The normalized spacial score (nSPS) is 13.4. The van der Waals surface area contributed by atoms with Crippen molar-refractivity contribution in [2.75, 3.05) is 4.90 Å². The second-order valence-electron chi connectivity index (χ2n) is 14.3. The molecule has 11 aromatic rings. The van der Waals surface area contributed by atoms with Crippen molar-refractivity contribution in [3.05, 3.63) is 224 Å². The molecular weight excluding hydrogens is 703 g/mol. The fourth-order valence-electron chi connectivity index (χ4n) is 7.97. The Labute approximate surface area is 348 Å². The van der Waals surface area contributed by atoms with Gasteiger partial charge >= 0.3 is 0 Å². The van der Waals surface area contributed by atoms with Gasteiger partial charge < -0.3 is 9.32 Å². The van der Waals surface area contributed by atoms with Crippen molar-refractivity contribution in [2.45, 2.75) is 0 Å². The Bertz CT molecular complexity index is 3700. The number of rotatable bonds is 7. The number of benzene rings is 10. The summed E-state index contributed by atoms with van der Waals surface area (Å²) in [5.41, 5.74) is 5.70. The summed E-state index contributed by atoms with van der Waals surface area (Å²) in [6.45, 7) is 0. The highest BCUT2D eigenvalue weighted by Crippen LogP contribution is 2.45. The third-order valence-electron chi connectivity index (χ3n) is 10.8. The Kier molecular flexibility index (Phi) is 6.38. The summed E-state index contributed by atoms with van der Waals surface area (Å²) in [5, 5.41) is 4.87. The zero-order valence-corrected chi connectivity index (χ0v) is 31.1. The van der Waals surface area contributed by atoms with Crippen molar-refractivity contribution in [3.8, 4) is 44.5 Å².